The fraction of sp³-hybridized carbons (Fsp3) is 0.438. The van der Waals surface area contributed by atoms with Crippen LogP contribution < -0.4 is 5.73 Å². The van der Waals surface area contributed by atoms with Gasteiger partial charge in [-0.1, -0.05) is 51.1 Å². The quantitative estimate of drug-likeness (QED) is 0.910. The molecule has 0 aliphatic heterocycles. The largest absolute Gasteiger partial charge is 0.380 e. The molecule has 0 saturated carbocycles. The van der Waals surface area contributed by atoms with E-state index in [1.165, 1.54) is 6.07 Å². The van der Waals surface area contributed by atoms with Crippen LogP contribution in [-0.4, -0.2) is 5.16 Å². The second-order valence-electron chi connectivity index (χ2n) is 6.32. The molecule has 1 aromatic carbocycles. The lowest BCUT2D eigenvalue weighted by Gasteiger charge is -2.26. The summed E-state index contributed by atoms with van der Waals surface area (Å²) < 4.78 is 19.3. The SMILES string of the molecule is CC(Cc1onc(N)c1-c1ccccc1F)C(C)(C)C. The monoisotopic (exact) mass is 276 g/mol. The summed E-state index contributed by atoms with van der Waals surface area (Å²) in [7, 11) is 0. The normalized spacial score (nSPS) is 13.4. The van der Waals surface area contributed by atoms with Crippen LogP contribution in [0, 0.1) is 17.2 Å². The van der Waals surface area contributed by atoms with Crippen LogP contribution in [0.3, 0.4) is 0 Å². The number of benzene rings is 1. The molecule has 2 N–H and O–H groups in total. The molecule has 0 radical (unpaired) electrons. The lowest BCUT2D eigenvalue weighted by Crippen LogP contribution is -2.19. The highest BCUT2D eigenvalue weighted by molar-refractivity contribution is 5.75. The number of nitrogens with zero attached hydrogens (tertiary/aromatic N) is 1. The number of anilines is 1. The van der Waals surface area contributed by atoms with E-state index >= 15 is 0 Å². The van der Waals surface area contributed by atoms with Gasteiger partial charge in [0.25, 0.3) is 0 Å². The van der Waals surface area contributed by atoms with Crippen LogP contribution in [0.15, 0.2) is 28.8 Å². The number of hydrogen-bond donors (Lipinski definition) is 1. The van der Waals surface area contributed by atoms with Crippen LogP contribution in [-0.2, 0) is 6.42 Å². The van der Waals surface area contributed by atoms with Crippen molar-refractivity contribution < 1.29 is 8.91 Å². The third kappa shape index (κ3) is 2.84. The fourth-order valence-electron chi connectivity index (χ4n) is 2.01. The van der Waals surface area contributed by atoms with E-state index < -0.39 is 0 Å². The van der Waals surface area contributed by atoms with E-state index in [0.29, 0.717) is 29.2 Å². The van der Waals surface area contributed by atoms with Gasteiger partial charge in [0, 0.05) is 12.0 Å². The second-order valence-corrected chi connectivity index (χ2v) is 6.32. The Morgan fingerprint density at radius 1 is 1.30 bits per heavy atom. The Bertz CT molecular complexity index is 599. The molecule has 20 heavy (non-hydrogen) atoms. The zero-order chi connectivity index (χ0) is 14.9. The minimum absolute atomic E-state index is 0.133. The third-order valence-corrected chi connectivity index (χ3v) is 3.90. The topological polar surface area (TPSA) is 52.0 Å². The Labute approximate surface area is 119 Å². The van der Waals surface area contributed by atoms with E-state index in [1.54, 1.807) is 18.2 Å². The second kappa shape index (κ2) is 5.27. The Balaban J connectivity index is 2.41. The molecular weight excluding hydrogens is 255 g/mol. The summed E-state index contributed by atoms with van der Waals surface area (Å²) in [5.74, 6) is 0.939. The Kier molecular flexibility index (Phi) is 3.84. The molecule has 2 rings (SSSR count). The number of rotatable bonds is 3. The van der Waals surface area contributed by atoms with Crippen molar-refractivity contribution in [2.24, 2.45) is 11.3 Å². The summed E-state index contributed by atoms with van der Waals surface area (Å²) in [6.07, 6.45) is 0.678. The van der Waals surface area contributed by atoms with Crippen molar-refractivity contribution in [1.29, 1.82) is 0 Å². The van der Waals surface area contributed by atoms with Crippen molar-refractivity contribution in [2.45, 2.75) is 34.1 Å². The van der Waals surface area contributed by atoms with Crippen molar-refractivity contribution in [3.05, 3.63) is 35.8 Å². The standard InChI is InChI=1S/C16H21FN2O/c1-10(16(2,3)4)9-13-14(15(18)19-20-13)11-7-5-6-8-12(11)17/h5-8,10H,9H2,1-4H3,(H2,18,19). The Morgan fingerprint density at radius 2 is 1.95 bits per heavy atom. The summed E-state index contributed by atoms with van der Waals surface area (Å²) in [4.78, 5) is 0. The van der Waals surface area contributed by atoms with Gasteiger partial charge in [0.1, 0.15) is 11.6 Å². The van der Waals surface area contributed by atoms with Gasteiger partial charge in [-0.25, -0.2) is 4.39 Å². The summed E-state index contributed by atoms with van der Waals surface area (Å²) in [6, 6.07) is 6.55. The van der Waals surface area contributed by atoms with E-state index in [4.69, 9.17) is 10.3 Å². The number of hydrogen-bond acceptors (Lipinski definition) is 3. The molecule has 108 valence electrons. The van der Waals surface area contributed by atoms with Crippen LogP contribution in [0.25, 0.3) is 11.1 Å². The highest BCUT2D eigenvalue weighted by atomic mass is 19.1. The molecule has 0 spiro atoms. The van der Waals surface area contributed by atoms with E-state index in [1.807, 2.05) is 0 Å². The average Bonchev–Trinajstić information content (AvgIpc) is 2.70. The molecule has 0 saturated heterocycles. The first kappa shape index (κ1) is 14.6. The number of nitrogen functional groups attached to an aromatic ring is 1. The fourth-order valence-corrected chi connectivity index (χ4v) is 2.01. The van der Waals surface area contributed by atoms with E-state index in [9.17, 15) is 4.39 Å². The Morgan fingerprint density at radius 3 is 2.55 bits per heavy atom. The van der Waals surface area contributed by atoms with Gasteiger partial charge in [-0.2, -0.15) is 0 Å². The van der Waals surface area contributed by atoms with Crippen molar-refractivity contribution in [1.82, 2.24) is 5.16 Å². The van der Waals surface area contributed by atoms with Crippen LogP contribution in [0.2, 0.25) is 0 Å². The molecule has 0 amide bonds. The maximum atomic E-state index is 14.0. The maximum Gasteiger partial charge on any atom is 0.175 e. The first-order valence-electron chi connectivity index (χ1n) is 6.79. The third-order valence-electron chi connectivity index (χ3n) is 3.90. The van der Waals surface area contributed by atoms with Gasteiger partial charge in [0.05, 0.1) is 5.56 Å². The molecule has 2 aromatic rings. The first-order valence-corrected chi connectivity index (χ1v) is 6.79. The first-order chi connectivity index (χ1) is 9.30. The van der Waals surface area contributed by atoms with Gasteiger partial charge in [-0.3, -0.25) is 0 Å². The number of aromatic nitrogens is 1. The zero-order valence-corrected chi connectivity index (χ0v) is 12.4. The van der Waals surface area contributed by atoms with Crippen LogP contribution in [0.5, 0.6) is 0 Å². The van der Waals surface area contributed by atoms with Gasteiger partial charge in [-0.05, 0) is 17.4 Å². The molecule has 1 aromatic heterocycles. The number of nitrogens with two attached hydrogens (primary N) is 1. The molecule has 1 unspecified atom stereocenters. The van der Waals surface area contributed by atoms with Crippen molar-refractivity contribution in [3.8, 4) is 11.1 Å². The smallest absolute Gasteiger partial charge is 0.175 e. The molecule has 4 heteroatoms. The summed E-state index contributed by atoms with van der Waals surface area (Å²) >= 11 is 0. The Hall–Kier alpha value is -1.84. The van der Waals surface area contributed by atoms with Crippen LogP contribution in [0.1, 0.15) is 33.5 Å². The van der Waals surface area contributed by atoms with Crippen molar-refractivity contribution in [2.75, 3.05) is 5.73 Å². The van der Waals surface area contributed by atoms with E-state index in [2.05, 4.69) is 32.9 Å². The highest BCUT2D eigenvalue weighted by Crippen LogP contribution is 2.36. The van der Waals surface area contributed by atoms with Gasteiger partial charge in [0.2, 0.25) is 0 Å². The zero-order valence-electron chi connectivity index (χ0n) is 12.4. The summed E-state index contributed by atoms with van der Waals surface area (Å²) in [5, 5.41) is 3.81. The summed E-state index contributed by atoms with van der Waals surface area (Å²) in [6.45, 7) is 8.64. The predicted octanol–water partition coefficient (Wildman–Crippen LogP) is 4.29. The van der Waals surface area contributed by atoms with Gasteiger partial charge >= 0.3 is 0 Å². The van der Waals surface area contributed by atoms with Gasteiger partial charge in [-0.15, -0.1) is 0 Å². The van der Waals surface area contributed by atoms with Crippen molar-refractivity contribution in [3.63, 3.8) is 0 Å². The molecule has 0 aliphatic carbocycles. The minimum atomic E-state index is -0.313. The lowest BCUT2D eigenvalue weighted by atomic mass is 9.79. The molecule has 1 atom stereocenters. The van der Waals surface area contributed by atoms with E-state index in [-0.39, 0.29) is 17.1 Å². The molecule has 0 bridgehead atoms. The van der Waals surface area contributed by atoms with E-state index in [0.717, 1.165) is 0 Å². The molecule has 0 fully saturated rings. The van der Waals surface area contributed by atoms with Crippen LogP contribution >= 0.6 is 0 Å². The maximum absolute atomic E-state index is 14.0. The van der Waals surface area contributed by atoms with Gasteiger partial charge < -0.3 is 10.3 Å². The lowest BCUT2D eigenvalue weighted by molar-refractivity contribution is 0.240. The van der Waals surface area contributed by atoms with Crippen molar-refractivity contribution >= 4 is 5.82 Å². The number of halogens is 1. The molecule has 3 nitrogen and oxygen atoms in total. The molecule has 1 heterocycles. The molecule has 0 aliphatic rings. The highest BCUT2D eigenvalue weighted by Gasteiger charge is 2.26. The van der Waals surface area contributed by atoms with Gasteiger partial charge in [0.15, 0.2) is 5.82 Å². The average molecular weight is 276 g/mol. The minimum Gasteiger partial charge on any atom is -0.380 e. The predicted molar refractivity (Wildman–Crippen MR) is 78.6 cm³/mol. The molecular formula is C16H21FN2O. The summed E-state index contributed by atoms with van der Waals surface area (Å²) in [5.41, 5.74) is 7.02. The van der Waals surface area contributed by atoms with Crippen LogP contribution in [0.4, 0.5) is 10.2 Å².